The fourth-order valence-electron chi connectivity index (χ4n) is 7.46. The minimum absolute atomic E-state index is 0.641. The van der Waals surface area contributed by atoms with Crippen molar-refractivity contribution in [2.45, 2.75) is 0 Å². The fourth-order valence-corrected chi connectivity index (χ4v) is 7.46. The summed E-state index contributed by atoms with van der Waals surface area (Å²) in [5.41, 5.74) is 8.70. The Kier molecular flexibility index (Phi) is 6.78. The van der Waals surface area contributed by atoms with Crippen molar-refractivity contribution in [2.75, 3.05) is 0 Å². The van der Waals surface area contributed by atoms with Crippen molar-refractivity contribution >= 4 is 43.4 Å². The summed E-state index contributed by atoms with van der Waals surface area (Å²) in [7, 11) is 0. The highest BCUT2D eigenvalue weighted by Gasteiger charge is 2.20. The van der Waals surface area contributed by atoms with E-state index >= 15 is 0 Å². The van der Waals surface area contributed by atoms with Gasteiger partial charge in [-0.1, -0.05) is 158 Å². The number of hydrogen-bond donors (Lipinski definition) is 0. The number of benzene rings is 8. The van der Waals surface area contributed by atoms with E-state index in [0.717, 1.165) is 38.5 Å². The molecule has 10 aromatic rings. The Balaban J connectivity index is 1.23. The topological polar surface area (TPSA) is 43.6 Å². The SMILES string of the molecule is c1ccc(-c2nc(-c3ccc4ccccc4c3)nc(-c3ccc(-n4c5ccccc5c5cccc(-c6ccccc6)c54)c4ccccc34)n2)cc1. The summed E-state index contributed by atoms with van der Waals surface area (Å²) in [6, 6.07) is 64.0. The first-order valence-corrected chi connectivity index (χ1v) is 17.2. The molecule has 0 fully saturated rings. The number of hydrogen-bond acceptors (Lipinski definition) is 3. The lowest BCUT2D eigenvalue weighted by Crippen LogP contribution is -2.02. The van der Waals surface area contributed by atoms with E-state index in [4.69, 9.17) is 15.0 Å². The van der Waals surface area contributed by atoms with E-state index in [1.54, 1.807) is 0 Å². The molecule has 0 spiro atoms. The zero-order chi connectivity index (χ0) is 33.7. The third kappa shape index (κ3) is 4.88. The number of nitrogens with zero attached hydrogens (tertiary/aromatic N) is 4. The maximum Gasteiger partial charge on any atom is 0.164 e. The van der Waals surface area contributed by atoms with Crippen LogP contribution in [0.1, 0.15) is 0 Å². The number of fused-ring (bicyclic) bond motifs is 5. The van der Waals surface area contributed by atoms with E-state index < -0.39 is 0 Å². The van der Waals surface area contributed by atoms with Crippen LogP contribution in [0.2, 0.25) is 0 Å². The predicted octanol–water partition coefficient (Wildman–Crippen LogP) is 11.9. The van der Waals surface area contributed by atoms with Gasteiger partial charge in [-0.3, -0.25) is 0 Å². The maximum atomic E-state index is 5.17. The highest BCUT2D eigenvalue weighted by Crippen LogP contribution is 2.41. The standard InChI is InChI=1S/C47H30N4/c1-3-15-32(16-4-1)36-23-13-24-40-39-22-11-12-25-42(39)51(44(36)40)43-29-28-41(37-20-9-10-21-38(37)43)47-49-45(33-17-5-2-6-18-33)48-46(50-47)35-27-26-31-14-7-8-19-34(31)30-35/h1-30H. The fraction of sp³-hybridized carbons (Fsp3) is 0. The van der Waals surface area contributed by atoms with Crippen molar-refractivity contribution in [1.82, 2.24) is 19.5 Å². The molecular formula is C47H30N4. The average Bonchev–Trinajstić information content (AvgIpc) is 3.55. The molecule has 10 rings (SSSR count). The van der Waals surface area contributed by atoms with Gasteiger partial charge in [0.05, 0.1) is 16.7 Å². The summed E-state index contributed by atoms with van der Waals surface area (Å²) in [5.74, 6) is 1.93. The Hall–Kier alpha value is -6.91. The van der Waals surface area contributed by atoms with E-state index in [1.807, 2.05) is 18.2 Å². The van der Waals surface area contributed by atoms with Crippen molar-refractivity contribution in [3.05, 3.63) is 182 Å². The Morgan fingerprint density at radius 1 is 0.333 bits per heavy atom. The van der Waals surface area contributed by atoms with Gasteiger partial charge in [0.25, 0.3) is 0 Å². The van der Waals surface area contributed by atoms with E-state index in [-0.39, 0.29) is 0 Å². The van der Waals surface area contributed by atoms with Crippen LogP contribution in [0.5, 0.6) is 0 Å². The minimum Gasteiger partial charge on any atom is -0.308 e. The molecule has 0 saturated heterocycles. The number of para-hydroxylation sites is 2. The molecule has 2 aromatic heterocycles. The first kappa shape index (κ1) is 29.0. The summed E-state index contributed by atoms with van der Waals surface area (Å²) in [4.78, 5) is 15.3. The van der Waals surface area contributed by atoms with Gasteiger partial charge in [0, 0.05) is 38.4 Å². The zero-order valence-electron chi connectivity index (χ0n) is 27.6. The number of aromatic nitrogens is 4. The van der Waals surface area contributed by atoms with Crippen LogP contribution in [0.3, 0.4) is 0 Å². The summed E-state index contributed by atoms with van der Waals surface area (Å²) in [6.45, 7) is 0. The van der Waals surface area contributed by atoms with Crippen LogP contribution in [0.25, 0.3) is 94.3 Å². The molecule has 4 heteroatoms. The lowest BCUT2D eigenvalue weighted by atomic mass is 10.0. The van der Waals surface area contributed by atoms with E-state index in [9.17, 15) is 0 Å². The maximum absolute atomic E-state index is 5.17. The minimum atomic E-state index is 0.641. The van der Waals surface area contributed by atoms with Crippen LogP contribution in [0.15, 0.2) is 182 Å². The molecular weight excluding hydrogens is 621 g/mol. The highest BCUT2D eigenvalue weighted by atomic mass is 15.0. The second-order valence-corrected chi connectivity index (χ2v) is 12.8. The summed E-state index contributed by atoms with van der Waals surface area (Å²) in [6.07, 6.45) is 0. The Bertz CT molecular complexity index is 2910. The quantitative estimate of drug-likeness (QED) is 0.186. The van der Waals surface area contributed by atoms with Gasteiger partial charge < -0.3 is 4.57 Å². The molecule has 51 heavy (non-hydrogen) atoms. The highest BCUT2D eigenvalue weighted by molar-refractivity contribution is 6.15. The van der Waals surface area contributed by atoms with Gasteiger partial charge in [0.15, 0.2) is 17.5 Å². The van der Waals surface area contributed by atoms with E-state index in [0.29, 0.717) is 17.5 Å². The number of rotatable bonds is 5. The third-order valence-electron chi connectivity index (χ3n) is 9.84. The predicted molar refractivity (Wildman–Crippen MR) is 211 cm³/mol. The zero-order valence-corrected chi connectivity index (χ0v) is 27.6. The monoisotopic (exact) mass is 650 g/mol. The van der Waals surface area contributed by atoms with Crippen molar-refractivity contribution in [3.8, 4) is 51.0 Å². The first-order valence-electron chi connectivity index (χ1n) is 17.2. The Morgan fingerprint density at radius 3 is 1.75 bits per heavy atom. The molecule has 0 aliphatic carbocycles. The molecule has 0 aliphatic rings. The van der Waals surface area contributed by atoms with Gasteiger partial charge in [0.2, 0.25) is 0 Å². The second-order valence-electron chi connectivity index (χ2n) is 12.8. The van der Waals surface area contributed by atoms with Gasteiger partial charge in [-0.25, -0.2) is 15.0 Å². The van der Waals surface area contributed by atoms with Gasteiger partial charge in [-0.15, -0.1) is 0 Å². The van der Waals surface area contributed by atoms with Crippen molar-refractivity contribution in [1.29, 1.82) is 0 Å². The summed E-state index contributed by atoms with van der Waals surface area (Å²) in [5, 5.41) is 6.98. The normalized spacial score (nSPS) is 11.5. The molecule has 2 heterocycles. The largest absolute Gasteiger partial charge is 0.308 e. The van der Waals surface area contributed by atoms with Gasteiger partial charge in [0.1, 0.15) is 0 Å². The van der Waals surface area contributed by atoms with Gasteiger partial charge in [-0.05, 0) is 46.0 Å². The van der Waals surface area contributed by atoms with Crippen LogP contribution in [-0.4, -0.2) is 19.5 Å². The van der Waals surface area contributed by atoms with Crippen molar-refractivity contribution in [3.63, 3.8) is 0 Å². The van der Waals surface area contributed by atoms with E-state index in [1.165, 1.54) is 38.3 Å². The third-order valence-corrected chi connectivity index (χ3v) is 9.84. The van der Waals surface area contributed by atoms with Crippen LogP contribution >= 0.6 is 0 Å². The molecule has 0 N–H and O–H groups in total. The van der Waals surface area contributed by atoms with Crippen molar-refractivity contribution in [2.24, 2.45) is 0 Å². The molecule has 0 aliphatic heterocycles. The summed E-state index contributed by atoms with van der Waals surface area (Å²) >= 11 is 0. The van der Waals surface area contributed by atoms with Gasteiger partial charge >= 0.3 is 0 Å². The van der Waals surface area contributed by atoms with Crippen LogP contribution in [0.4, 0.5) is 0 Å². The molecule has 0 bridgehead atoms. The van der Waals surface area contributed by atoms with Crippen molar-refractivity contribution < 1.29 is 0 Å². The Labute approximate surface area is 295 Å². The molecule has 0 unspecified atom stereocenters. The van der Waals surface area contributed by atoms with Crippen LogP contribution < -0.4 is 0 Å². The smallest absolute Gasteiger partial charge is 0.164 e. The van der Waals surface area contributed by atoms with Crippen LogP contribution in [-0.2, 0) is 0 Å². The molecule has 0 amide bonds. The van der Waals surface area contributed by atoms with Crippen LogP contribution in [0, 0.1) is 0 Å². The molecule has 4 nitrogen and oxygen atoms in total. The Morgan fingerprint density at radius 2 is 0.941 bits per heavy atom. The molecule has 8 aromatic carbocycles. The van der Waals surface area contributed by atoms with E-state index in [2.05, 4.69) is 168 Å². The van der Waals surface area contributed by atoms with Gasteiger partial charge in [-0.2, -0.15) is 0 Å². The lowest BCUT2D eigenvalue weighted by Gasteiger charge is -2.16. The molecule has 0 radical (unpaired) electrons. The average molecular weight is 651 g/mol. The molecule has 238 valence electrons. The first-order chi connectivity index (χ1) is 25.3. The summed E-state index contributed by atoms with van der Waals surface area (Å²) < 4.78 is 2.43. The molecule has 0 saturated carbocycles. The lowest BCUT2D eigenvalue weighted by molar-refractivity contribution is 1.08. The second kappa shape index (κ2) is 11.9. The molecule has 0 atom stereocenters.